The molecule has 1 aromatic heterocycles. The van der Waals surface area contributed by atoms with Crippen LogP contribution in [0.3, 0.4) is 0 Å². The smallest absolute Gasteiger partial charge is 0.340 e. The van der Waals surface area contributed by atoms with Crippen LogP contribution in [0.4, 0.5) is 5.69 Å². The number of benzene rings is 1. The summed E-state index contributed by atoms with van der Waals surface area (Å²) in [6, 6.07) is 6.26. The molecule has 114 valence electrons. The van der Waals surface area contributed by atoms with E-state index in [1.165, 1.54) is 11.1 Å². The lowest BCUT2D eigenvalue weighted by molar-refractivity contribution is 0.185. The highest BCUT2D eigenvalue weighted by Gasteiger charge is 2.11. The fourth-order valence-corrected chi connectivity index (χ4v) is 2.39. The molecule has 21 heavy (non-hydrogen) atoms. The molecule has 0 saturated carbocycles. The van der Waals surface area contributed by atoms with Gasteiger partial charge in [0, 0.05) is 18.7 Å². The average molecular weight is 290 g/mol. The van der Waals surface area contributed by atoms with Gasteiger partial charge in [-0.25, -0.2) is 9.89 Å². The molecule has 0 spiro atoms. The van der Waals surface area contributed by atoms with E-state index in [9.17, 15) is 9.90 Å². The van der Waals surface area contributed by atoms with Crippen molar-refractivity contribution in [3.63, 3.8) is 0 Å². The molecule has 4 N–H and O–H groups in total. The number of para-hydroxylation sites is 1. The monoisotopic (exact) mass is 290 g/mol. The summed E-state index contributed by atoms with van der Waals surface area (Å²) in [6.45, 7) is 4.65. The molecule has 1 unspecified atom stereocenters. The van der Waals surface area contributed by atoms with Crippen molar-refractivity contribution >= 4 is 5.69 Å². The summed E-state index contributed by atoms with van der Waals surface area (Å²) in [6.07, 6.45) is 1.58. The topological polar surface area (TPSA) is 93.8 Å². The second kappa shape index (κ2) is 7.08. The minimum absolute atomic E-state index is 0.307. The lowest BCUT2D eigenvalue weighted by Crippen LogP contribution is -2.23. The number of aliphatic hydroxyl groups is 1. The minimum Gasteiger partial charge on any atom is -0.391 e. The minimum atomic E-state index is -0.612. The van der Waals surface area contributed by atoms with Crippen LogP contribution in [0.15, 0.2) is 23.0 Å². The lowest BCUT2D eigenvalue weighted by Gasteiger charge is -2.17. The highest BCUT2D eigenvalue weighted by atomic mass is 16.3. The third kappa shape index (κ3) is 3.95. The number of aromatic nitrogens is 3. The van der Waals surface area contributed by atoms with Gasteiger partial charge in [-0.1, -0.05) is 32.0 Å². The predicted octanol–water partition coefficient (Wildman–Crippen LogP) is 1.24. The quantitative estimate of drug-likeness (QED) is 0.617. The number of anilines is 1. The number of aliphatic hydroxyl groups excluding tert-OH is 1. The maximum Gasteiger partial charge on any atom is 0.340 e. The summed E-state index contributed by atoms with van der Waals surface area (Å²) in [4.78, 5) is 13.5. The Morgan fingerprint density at radius 2 is 1.95 bits per heavy atom. The van der Waals surface area contributed by atoms with E-state index >= 15 is 0 Å². The van der Waals surface area contributed by atoms with Gasteiger partial charge in [0.05, 0.1) is 6.10 Å². The standard InChI is InChI=1S/C15H22N4O2/c1-3-10-6-5-7-11(4-2)14(10)16-9-12(20)8-13-17-15(21)19-18-13/h5-7,12,16,20H,3-4,8-9H2,1-2H3,(H2,17,18,19,21). The number of hydrogen-bond donors (Lipinski definition) is 4. The zero-order chi connectivity index (χ0) is 15.2. The van der Waals surface area contributed by atoms with Crippen LogP contribution in [0, 0.1) is 0 Å². The molecule has 1 aromatic carbocycles. The zero-order valence-electron chi connectivity index (χ0n) is 12.4. The molecule has 0 amide bonds. The van der Waals surface area contributed by atoms with Crippen LogP contribution in [0.25, 0.3) is 0 Å². The Bertz CT molecular complexity index is 610. The molecule has 0 radical (unpaired) electrons. The van der Waals surface area contributed by atoms with Crippen molar-refractivity contribution in [1.82, 2.24) is 15.2 Å². The normalized spacial score (nSPS) is 12.3. The number of rotatable bonds is 7. The third-order valence-electron chi connectivity index (χ3n) is 3.49. The van der Waals surface area contributed by atoms with E-state index in [4.69, 9.17) is 0 Å². The lowest BCUT2D eigenvalue weighted by atomic mass is 10.0. The van der Waals surface area contributed by atoms with Gasteiger partial charge < -0.3 is 10.4 Å². The van der Waals surface area contributed by atoms with Crippen LogP contribution in [0.2, 0.25) is 0 Å². The molecule has 0 aliphatic heterocycles. The molecule has 0 saturated heterocycles. The first-order valence-electron chi connectivity index (χ1n) is 7.30. The Hall–Kier alpha value is -2.08. The summed E-state index contributed by atoms with van der Waals surface area (Å²) >= 11 is 0. The highest BCUT2D eigenvalue weighted by molar-refractivity contribution is 5.58. The summed E-state index contributed by atoms with van der Waals surface area (Å²) in [5.74, 6) is 0.466. The predicted molar refractivity (Wildman–Crippen MR) is 82.6 cm³/mol. The molecule has 6 heteroatoms. The van der Waals surface area contributed by atoms with Gasteiger partial charge in [-0.2, -0.15) is 5.10 Å². The first-order chi connectivity index (χ1) is 10.1. The molecule has 2 aromatic rings. The van der Waals surface area contributed by atoms with E-state index in [2.05, 4.69) is 52.5 Å². The third-order valence-corrected chi connectivity index (χ3v) is 3.49. The molecule has 1 atom stereocenters. The van der Waals surface area contributed by atoms with Gasteiger partial charge in [0.25, 0.3) is 0 Å². The number of aryl methyl sites for hydroxylation is 2. The second-order valence-corrected chi connectivity index (χ2v) is 5.02. The Morgan fingerprint density at radius 1 is 1.29 bits per heavy atom. The second-order valence-electron chi connectivity index (χ2n) is 5.02. The molecule has 1 heterocycles. The molecular formula is C15H22N4O2. The van der Waals surface area contributed by atoms with Crippen molar-refractivity contribution in [2.24, 2.45) is 0 Å². The van der Waals surface area contributed by atoms with E-state index in [1.54, 1.807) is 0 Å². The highest BCUT2D eigenvalue weighted by Crippen LogP contribution is 2.22. The molecule has 0 bridgehead atoms. The van der Waals surface area contributed by atoms with E-state index in [0.29, 0.717) is 18.8 Å². The number of aromatic amines is 2. The number of nitrogens with zero attached hydrogens (tertiary/aromatic N) is 1. The van der Waals surface area contributed by atoms with Gasteiger partial charge >= 0.3 is 5.69 Å². The Morgan fingerprint density at radius 3 is 2.48 bits per heavy atom. The first-order valence-corrected chi connectivity index (χ1v) is 7.30. The zero-order valence-corrected chi connectivity index (χ0v) is 12.4. The summed E-state index contributed by atoms with van der Waals surface area (Å²) in [5, 5.41) is 19.5. The van der Waals surface area contributed by atoms with E-state index in [1.807, 2.05) is 0 Å². The molecule has 0 aliphatic carbocycles. The Balaban J connectivity index is 2.00. The van der Waals surface area contributed by atoms with Gasteiger partial charge in [0.2, 0.25) is 0 Å². The number of nitrogens with one attached hydrogen (secondary N) is 3. The Labute approximate surface area is 123 Å². The first kappa shape index (κ1) is 15.3. The molecule has 6 nitrogen and oxygen atoms in total. The molecule has 0 aliphatic rings. The Kier molecular flexibility index (Phi) is 5.16. The number of hydrogen-bond acceptors (Lipinski definition) is 4. The molecular weight excluding hydrogens is 268 g/mol. The molecule has 0 fully saturated rings. The van der Waals surface area contributed by atoms with Crippen LogP contribution in [0.5, 0.6) is 0 Å². The summed E-state index contributed by atoms with van der Waals surface area (Å²) in [5.41, 5.74) is 3.25. The maximum absolute atomic E-state index is 10.9. The average Bonchev–Trinajstić information content (AvgIpc) is 2.89. The van der Waals surface area contributed by atoms with Crippen LogP contribution < -0.4 is 11.0 Å². The van der Waals surface area contributed by atoms with Crippen molar-refractivity contribution in [1.29, 1.82) is 0 Å². The number of H-pyrrole nitrogens is 2. The fraction of sp³-hybridized carbons (Fsp3) is 0.467. The van der Waals surface area contributed by atoms with Crippen LogP contribution in [-0.4, -0.2) is 32.9 Å². The fourth-order valence-electron chi connectivity index (χ4n) is 2.39. The largest absolute Gasteiger partial charge is 0.391 e. The van der Waals surface area contributed by atoms with Crippen molar-refractivity contribution in [2.75, 3.05) is 11.9 Å². The van der Waals surface area contributed by atoms with Crippen molar-refractivity contribution in [3.05, 3.63) is 45.6 Å². The van der Waals surface area contributed by atoms with Gasteiger partial charge in [0.1, 0.15) is 5.82 Å². The van der Waals surface area contributed by atoms with Gasteiger partial charge in [-0.05, 0) is 24.0 Å². The van der Waals surface area contributed by atoms with Crippen molar-refractivity contribution < 1.29 is 5.11 Å². The van der Waals surface area contributed by atoms with Crippen molar-refractivity contribution in [3.8, 4) is 0 Å². The summed E-state index contributed by atoms with van der Waals surface area (Å²) in [7, 11) is 0. The summed E-state index contributed by atoms with van der Waals surface area (Å²) < 4.78 is 0. The van der Waals surface area contributed by atoms with Crippen LogP contribution in [0.1, 0.15) is 30.8 Å². The van der Waals surface area contributed by atoms with E-state index in [-0.39, 0.29) is 5.69 Å². The molecule has 2 rings (SSSR count). The van der Waals surface area contributed by atoms with Gasteiger partial charge in [-0.15, -0.1) is 0 Å². The van der Waals surface area contributed by atoms with Crippen LogP contribution >= 0.6 is 0 Å². The van der Waals surface area contributed by atoms with Gasteiger partial charge in [0.15, 0.2) is 0 Å². The van der Waals surface area contributed by atoms with E-state index < -0.39 is 6.10 Å². The van der Waals surface area contributed by atoms with Crippen molar-refractivity contribution in [2.45, 2.75) is 39.2 Å². The van der Waals surface area contributed by atoms with Crippen LogP contribution in [-0.2, 0) is 19.3 Å². The SMILES string of the molecule is CCc1cccc(CC)c1NCC(O)Cc1n[nH]c(=O)[nH]1. The maximum atomic E-state index is 10.9. The van der Waals surface area contributed by atoms with Gasteiger partial charge in [-0.3, -0.25) is 4.98 Å². The van der Waals surface area contributed by atoms with E-state index in [0.717, 1.165) is 18.5 Å².